The molecule has 0 unspecified atom stereocenters. The molecule has 1 N–H and O–H groups in total. The van der Waals surface area contributed by atoms with Crippen molar-refractivity contribution in [1.82, 2.24) is 15.1 Å². The van der Waals surface area contributed by atoms with Crippen molar-refractivity contribution in [3.63, 3.8) is 0 Å². The Bertz CT molecular complexity index is 836. The third-order valence-corrected chi connectivity index (χ3v) is 2.66. The maximum atomic E-state index is 12.4. The summed E-state index contributed by atoms with van der Waals surface area (Å²) in [5, 5.41) is 3.85. The number of pyridine rings is 1. The second-order valence-electron chi connectivity index (χ2n) is 4.02. The van der Waals surface area contributed by atoms with Crippen molar-refractivity contribution in [2.24, 2.45) is 0 Å². The minimum absolute atomic E-state index is 0.0806. The van der Waals surface area contributed by atoms with Gasteiger partial charge in [0, 0.05) is 5.52 Å². The van der Waals surface area contributed by atoms with E-state index in [-0.39, 0.29) is 5.56 Å². The minimum Gasteiger partial charge on any atom is -0.329 e. The van der Waals surface area contributed by atoms with Gasteiger partial charge in [0.1, 0.15) is 0 Å². The molecule has 2 aromatic heterocycles. The highest BCUT2D eigenvalue weighted by Crippen LogP contribution is 2.29. The lowest BCUT2D eigenvalue weighted by atomic mass is 10.1. The van der Waals surface area contributed by atoms with Crippen LogP contribution in [0, 0.1) is 0 Å². The van der Waals surface area contributed by atoms with E-state index in [0.717, 1.165) is 0 Å². The van der Waals surface area contributed by atoms with Crippen molar-refractivity contribution in [3.8, 4) is 11.4 Å². The van der Waals surface area contributed by atoms with E-state index >= 15 is 0 Å². The van der Waals surface area contributed by atoms with Crippen LogP contribution in [0.2, 0.25) is 0 Å². The predicted molar refractivity (Wildman–Crippen MR) is 62.9 cm³/mol. The number of aromatic nitrogens is 3. The van der Waals surface area contributed by atoms with Crippen LogP contribution in [0.4, 0.5) is 13.2 Å². The quantitative estimate of drug-likeness (QED) is 0.744. The summed E-state index contributed by atoms with van der Waals surface area (Å²) >= 11 is 0. The van der Waals surface area contributed by atoms with Crippen LogP contribution >= 0.6 is 0 Å². The van der Waals surface area contributed by atoms with Gasteiger partial charge in [0.05, 0.1) is 5.56 Å². The van der Waals surface area contributed by atoms with Crippen LogP contribution in [0.3, 0.4) is 0 Å². The Labute approximate surface area is 109 Å². The molecule has 3 aromatic rings. The topological polar surface area (TPSA) is 71.8 Å². The van der Waals surface area contributed by atoms with Crippen molar-refractivity contribution in [2.75, 3.05) is 0 Å². The molecule has 8 heteroatoms. The number of aromatic amines is 1. The van der Waals surface area contributed by atoms with Gasteiger partial charge in [0.2, 0.25) is 5.82 Å². The molecule has 20 heavy (non-hydrogen) atoms. The van der Waals surface area contributed by atoms with Crippen molar-refractivity contribution in [2.45, 2.75) is 6.18 Å². The number of nitrogens with zero attached hydrogens (tertiary/aromatic N) is 2. The molecular weight excluding hydrogens is 275 g/mol. The van der Waals surface area contributed by atoms with Crippen LogP contribution in [0.15, 0.2) is 39.6 Å². The minimum atomic E-state index is -4.74. The average Bonchev–Trinajstić information content (AvgIpc) is 2.87. The third kappa shape index (κ3) is 2.04. The molecule has 102 valence electrons. The number of hydrogen-bond acceptors (Lipinski definition) is 4. The zero-order valence-electron chi connectivity index (χ0n) is 9.73. The van der Waals surface area contributed by atoms with E-state index in [0.29, 0.717) is 10.9 Å². The number of alkyl halides is 3. The van der Waals surface area contributed by atoms with Crippen LogP contribution in [-0.4, -0.2) is 15.1 Å². The molecule has 0 atom stereocenters. The third-order valence-electron chi connectivity index (χ3n) is 2.66. The molecule has 3 rings (SSSR count). The van der Waals surface area contributed by atoms with Gasteiger partial charge in [-0.15, -0.1) is 0 Å². The fraction of sp³-hybridized carbons (Fsp3) is 0.0833. The number of para-hydroxylation sites is 1. The predicted octanol–water partition coefficient (Wildman–Crippen LogP) is 2.60. The Kier molecular flexibility index (Phi) is 2.60. The van der Waals surface area contributed by atoms with E-state index in [4.69, 9.17) is 0 Å². The lowest BCUT2D eigenvalue weighted by molar-refractivity contribution is -0.159. The Morgan fingerprint density at radius 1 is 1.20 bits per heavy atom. The summed E-state index contributed by atoms with van der Waals surface area (Å²) in [5.41, 5.74) is -0.0954. The number of fused-ring (bicyclic) bond motifs is 1. The van der Waals surface area contributed by atoms with Crippen LogP contribution in [-0.2, 0) is 6.18 Å². The highest BCUT2D eigenvalue weighted by Gasteiger charge is 2.38. The smallest absolute Gasteiger partial charge is 0.329 e. The number of hydrogen-bond donors (Lipinski definition) is 1. The molecule has 2 heterocycles. The Balaban J connectivity index is 2.17. The van der Waals surface area contributed by atoms with E-state index in [1.54, 1.807) is 24.3 Å². The van der Waals surface area contributed by atoms with Gasteiger partial charge in [-0.25, -0.2) is 0 Å². The van der Waals surface area contributed by atoms with Crippen molar-refractivity contribution >= 4 is 10.9 Å². The molecule has 0 bridgehead atoms. The van der Waals surface area contributed by atoms with Gasteiger partial charge in [-0.3, -0.25) is 4.79 Å². The molecule has 0 saturated carbocycles. The van der Waals surface area contributed by atoms with E-state index < -0.39 is 23.5 Å². The fourth-order valence-corrected chi connectivity index (χ4v) is 1.76. The highest BCUT2D eigenvalue weighted by atomic mass is 19.4. The molecule has 0 spiro atoms. The molecule has 0 amide bonds. The van der Waals surface area contributed by atoms with Gasteiger partial charge in [-0.1, -0.05) is 23.4 Å². The van der Waals surface area contributed by atoms with Gasteiger partial charge in [-0.2, -0.15) is 18.2 Å². The van der Waals surface area contributed by atoms with Gasteiger partial charge in [0.15, 0.2) is 0 Å². The van der Waals surface area contributed by atoms with E-state index in [9.17, 15) is 18.0 Å². The summed E-state index contributed by atoms with van der Waals surface area (Å²) < 4.78 is 41.3. The number of H-pyrrole nitrogens is 1. The summed E-state index contributed by atoms with van der Waals surface area (Å²) in [6, 6.07) is 8.27. The van der Waals surface area contributed by atoms with E-state index in [1.807, 2.05) is 0 Å². The van der Waals surface area contributed by atoms with Crippen LogP contribution < -0.4 is 5.56 Å². The van der Waals surface area contributed by atoms with Gasteiger partial charge in [0.25, 0.3) is 5.56 Å². The first-order valence-electron chi connectivity index (χ1n) is 5.48. The first-order valence-corrected chi connectivity index (χ1v) is 5.48. The molecular formula is C12H6F3N3O2. The fourth-order valence-electron chi connectivity index (χ4n) is 1.76. The van der Waals surface area contributed by atoms with Crippen LogP contribution in [0.1, 0.15) is 5.89 Å². The lowest BCUT2D eigenvalue weighted by Crippen LogP contribution is -2.10. The SMILES string of the molecule is O=c1[nH]c2ccccc2cc1-c1noc(C(F)(F)F)n1. The number of benzene rings is 1. The zero-order valence-corrected chi connectivity index (χ0v) is 9.73. The largest absolute Gasteiger partial charge is 0.471 e. The van der Waals surface area contributed by atoms with Crippen molar-refractivity contribution in [3.05, 3.63) is 46.6 Å². The second-order valence-corrected chi connectivity index (χ2v) is 4.02. The average molecular weight is 281 g/mol. The monoisotopic (exact) mass is 281 g/mol. The van der Waals surface area contributed by atoms with Gasteiger partial charge >= 0.3 is 12.1 Å². The standard InChI is InChI=1S/C12H6F3N3O2/c13-12(14,15)11-17-9(18-20-11)7-5-6-3-1-2-4-8(6)16-10(7)19/h1-5H,(H,16,19). The molecule has 5 nitrogen and oxygen atoms in total. The first-order chi connectivity index (χ1) is 9.45. The van der Waals surface area contributed by atoms with Crippen LogP contribution in [0.25, 0.3) is 22.3 Å². The molecule has 0 aliphatic rings. The summed E-state index contributed by atoms with van der Waals surface area (Å²) in [4.78, 5) is 17.6. The summed E-state index contributed by atoms with van der Waals surface area (Å²) in [7, 11) is 0. The highest BCUT2D eigenvalue weighted by molar-refractivity contribution is 5.82. The number of nitrogens with one attached hydrogen (secondary N) is 1. The molecule has 0 aliphatic heterocycles. The van der Waals surface area contributed by atoms with Gasteiger partial charge < -0.3 is 9.51 Å². The Morgan fingerprint density at radius 3 is 2.65 bits per heavy atom. The normalized spacial score (nSPS) is 11.9. The maximum absolute atomic E-state index is 12.4. The number of halogens is 3. The van der Waals surface area contributed by atoms with Gasteiger partial charge in [-0.05, 0) is 17.5 Å². The van der Waals surface area contributed by atoms with E-state index in [2.05, 4.69) is 19.6 Å². The van der Waals surface area contributed by atoms with Crippen molar-refractivity contribution < 1.29 is 17.7 Å². The molecule has 0 aliphatic carbocycles. The number of rotatable bonds is 1. The summed E-state index contributed by atoms with van der Waals surface area (Å²) in [6.45, 7) is 0. The Morgan fingerprint density at radius 2 is 1.95 bits per heavy atom. The second kappa shape index (κ2) is 4.19. The maximum Gasteiger partial charge on any atom is 0.471 e. The first kappa shape index (κ1) is 12.4. The Hall–Kier alpha value is -2.64. The lowest BCUT2D eigenvalue weighted by Gasteiger charge is -1.99. The van der Waals surface area contributed by atoms with Crippen LogP contribution in [0.5, 0.6) is 0 Å². The summed E-state index contributed by atoms with van der Waals surface area (Å²) in [6.07, 6.45) is -4.74. The summed E-state index contributed by atoms with van der Waals surface area (Å²) in [5.74, 6) is -1.88. The molecule has 0 radical (unpaired) electrons. The molecule has 1 aromatic carbocycles. The van der Waals surface area contributed by atoms with Crippen molar-refractivity contribution in [1.29, 1.82) is 0 Å². The molecule has 0 fully saturated rings. The molecule has 0 saturated heterocycles. The van der Waals surface area contributed by atoms with E-state index in [1.165, 1.54) is 6.07 Å². The zero-order chi connectivity index (χ0) is 14.3.